The highest BCUT2D eigenvalue weighted by Gasteiger charge is 2.26. The molecule has 1 amide bonds. The van der Waals surface area contributed by atoms with Crippen molar-refractivity contribution in [2.75, 3.05) is 6.54 Å². The largest absolute Gasteiger partial charge is 0.353 e. The minimum Gasteiger partial charge on any atom is -0.353 e. The van der Waals surface area contributed by atoms with Gasteiger partial charge in [-0.05, 0) is 54.5 Å². The standard InChI is InChI=1S/C32H34N4O/c1-22-20-23(2)35-31-29(22)26(21-33)27(16-17-28(37)34-19-18-32(3,4)5)36(31)30(24-12-8-6-9-13-24)25-14-10-7-11-15-25/h6-17,20,30H,18-19H2,1-5H3,(H,34,37)/b17-16+. The highest BCUT2D eigenvalue weighted by atomic mass is 16.1. The highest BCUT2D eigenvalue weighted by molar-refractivity contribution is 5.96. The molecule has 0 unspecified atom stereocenters. The Balaban J connectivity index is 1.93. The minimum absolute atomic E-state index is 0.136. The first-order valence-electron chi connectivity index (χ1n) is 12.7. The number of hydrogen-bond donors (Lipinski definition) is 1. The number of nitrogens with zero attached hydrogens (tertiary/aromatic N) is 3. The zero-order valence-corrected chi connectivity index (χ0v) is 22.2. The molecular formula is C32H34N4O. The molecule has 1 N–H and O–H groups in total. The lowest BCUT2D eigenvalue weighted by Crippen LogP contribution is -2.25. The molecular weight excluding hydrogens is 456 g/mol. The van der Waals surface area contributed by atoms with Gasteiger partial charge in [0, 0.05) is 23.7 Å². The van der Waals surface area contributed by atoms with Crippen molar-refractivity contribution in [2.45, 2.75) is 47.1 Å². The van der Waals surface area contributed by atoms with Gasteiger partial charge in [-0.1, -0.05) is 81.4 Å². The highest BCUT2D eigenvalue weighted by Crippen LogP contribution is 2.37. The summed E-state index contributed by atoms with van der Waals surface area (Å²) in [5.41, 5.74) is 6.07. The molecule has 2 heterocycles. The summed E-state index contributed by atoms with van der Waals surface area (Å²) >= 11 is 0. The van der Waals surface area contributed by atoms with Gasteiger partial charge in [-0.25, -0.2) is 4.98 Å². The van der Waals surface area contributed by atoms with Crippen molar-refractivity contribution in [2.24, 2.45) is 5.41 Å². The number of pyridine rings is 1. The van der Waals surface area contributed by atoms with Gasteiger partial charge in [-0.2, -0.15) is 5.26 Å². The number of amides is 1. The molecule has 0 saturated carbocycles. The van der Waals surface area contributed by atoms with Crippen LogP contribution in [0.4, 0.5) is 0 Å². The molecule has 2 aromatic carbocycles. The van der Waals surface area contributed by atoms with Gasteiger partial charge in [0.1, 0.15) is 11.7 Å². The molecule has 2 aromatic heterocycles. The van der Waals surface area contributed by atoms with Crippen molar-refractivity contribution < 1.29 is 4.79 Å². The molecule has 0 aliphatic rings. The number of aryl methyl sites for hydroxylation is 2. The van der Waals surface area contributed by atoms with Gasteiger partial charge in [-0.3, -0.25) is 4.79 Å². The van der Waals surface area contributed by atoms with Crippen molar-refractivity contribution in [3.8, 4) is 6.07 Å². The molecule has 5 heteroatoms. The number of aromatic nitrogens is 2. The van der Waals surface area contributed by atoms with E-state index in [1.165, 1.54) is 6.08 Å². The van der Waals surface area contributed by atoms with Gasteiger partial charge in [-0.15, -0.1) is 0 Å². The number of benzene rings is 2. The topological polar surface area (TPSA) is 70.7 Å². The monoisotopic (exact) mass is 490 g/mol. The Labute approximate surface area is 219 Å². The lowest BCUT2D eigenvalue weighted by molar-refractivity contribution is -0.116. The molecule has 4 aromatic rings. The summed E-state index contributed by atoms with van der Waals surface area (Å²) in [6, 6.07) is 24.6. The average Bonchev–Trinajstić information content (AvgIpc) is 3.16. The SMILES string of the molecule is Cc1cc(C)c2c(C#N)c(/C=C/C(=O)NCCC(C)(C)C)n(C(c3ccccc3)c3ccccc3)c2n1. The summed E-state index contributed by atoms with van der Waals surface area (Å²) in [5, 5.41) is 14.1. The Bertz CT molecular complexity index is 1430. The van der Waals surface area contributed by atoms with Crippen molar-refractivity contribution in [3.05, 3.63) is 106 Å². The van der Waals surface area contributed by atoms with Crippen molar-refractivity contribution in [1.29, 1.82) is 5.26 Å². The lowest BCUT2D eigenvalue weighted by atomic mass is 9.92. The molecule has 4 rings (SSSR count). The fourth-order valence-electron chi connectivity index (χ4n) is 4.74. The second kappa shape index (κ2) is 10.8. The van der Waals surface area contributed by atoms with Gasteiger partial charge in [0.15, 0.2) is 0 Å². The number of carbonyl (C=O) groups is 1. The average molecular weight is 491 g/mol. The predicted octanol–water partition coefficient (Wildman–Crippen LogP) is 6.73. The van der Waals surface area contributed by atoms with Crippen LogP contribution in [0.1, 0.15) is 66.9 Å². The number of rotatable bonds is 7. The second-order valence-electron chi connectivity index (χ2n) is 10.7. The summed E-state index contributed by atoms with van der Waals surface area (Å²) in [6.07, 6.45) is 4.17. The van der Waals surface area contributed by atoms with E-state index in [-0.39, 0.29) is 17.4 Å². The van der Waals surface area contributed by atoms with Gasteiger partial charge < -0.3 is 9.88 Å². The first-order chi connectivity index (χ1) is 17.7. The first kappa shape index (κ1) is 25.9. The third-order valence-corrected chi connectivity index (χ3v) is 6.49. The smallest absolute Gasteiger partial charge is 0.244 e. The predicted molar refractivity (Wildman–Crippen MR) is 150 cm³/mol. The molecule has 188 valence electrons. The molecule has 0 bridgehead atoms. The molecule has 0 aliphatic heterocycles. The molecule has 37 heavy (non-hydrogen) atoms. The maximum Gasteiger partial charge on any atom is 0.244 e. The van der Waals surface area contributed by atoms with E-state index in [2.05, 4.69) is 61.0 Å². The Kier molecular flexibility index (Phi) is 7.59. The van der Waals surface area contributed by atoms with Crippen LogP contribution in [-0.2, 0) is 4.79 Å². The van der Waals surface area contributed by atoms with Crippen LogP contribution in [0.2, 0.25) is 0 Å². The van der Waals surface area contributed by atoms with Gasteiger partial charge in [0.25, 0.3) is 0 Å². The Morgan fingerprint density at radius 1 is 1.05 bits per heavy atom. The van der Waals surface area contributed by atoms with Crippen LogP contribution in [0, 0.1) is 30.6 Å². The quantitative estimate of drug-likeness (QED) is 0.292. The molecule has 0 spiro atoms. The van der Waals surface area contributed by atoms with Crippen molar-refractivity contribution in [3.63, 3.8) is 0 Å². The van der Waals surface area contributed by atoms with Crippen LogP contribution in [0.25, 0.3) is 17.1 Å². The van der Waals surface area contributed by atoms with E-state index >= 15 is 0 Å². The molecule has 0 radical (unpaired) electrons. The van der Waals surface area contributed by atoms with Crippen LogP contribution >= 0.6 is 0 Å². The van der Waals surface area contributed by atoms with E-state index in [0.717, 1.165) is 39.8 Å². The van der Waals surface area contributed by atoms with Crippen molar-refractivity contribution >= 4 is 23.0 Å². The molecule has 0 aliphatic carbocycles. The molecule has 0 atom stereocenters. The Hall–Kier alpha value is -4.17. The first-order valence-corrected chi connectivity index (χ1v) is 12.7. The van der Waals surface area contributed by atoms with E-state index in [1.807, 2.05) is 56.3 Å². The third-order valence-electron chi connectivity index (χ3n) is 6.49. The maximum atomic E-state index is 12.8. The molecule has 5 nitrogen and oxygen atoms in total. The molecule has 0 fully saturated rings. The van der Waals surface area contributed by atoms with E-state index in [0.29, 0.717) is 17.8 Å². The van der Waals surface area contributed by atoms with Crippen LogP contribution in [0.5, 0.6) is 0 Å². The minimum atomic E-state index is -0.232. The lowest BCUT2D eigenvalue weighted by Gasteiger charge is -2.23. The normalized spacial score (nSPS) is 11.8. The van der Waals surface area contributed by atoms with Crippen molar-refractivity contribution in [1.82, 2.24) is 14.9 Å². The van der Waals surface area contributed by atoms with Gasteiger partial charge >= 0.3 is 0 Å². The fourth-order valence-corrected chi connectivity index (χ4v) is 4.74. The number of fused-ring (bicyclic) bond motifs is 1. The number of nitriles is 1. The number of hydrogen-bond acceptors (Lipinski definition) is 3. The Morgan fingerprint density at radius 2 is 1.65 bits per heavy atom. The van der Waals surface area contributed by atoms with E-state index in [1.54, 1.807) is 6.08 Å². The number of carbonyl (C=O) groups excluding carboxylic acids is 1. The van der Waals surface area contributed by atoms with E-state index in [4.69, 9.17) is 4.98 Å². The summed E-state index contributed by atoms with van der Waals surface area (Å²) in [7, 11) is 0. The van der Waals surface area contributed by atoms with Gasteiger partial charge in [0.05, 0.1) is 17.3 Å². The van der Waals surface area contributed by atoms with E-state index in [9.17, 15) is 10.1 Å². The summed E-state index contributed by atoms with van der Waals surface area (Å²) in [4.78, 5) is 17.7. The number of nitrogens with one attached hydrogen (secondary N) is 1. The van der Waals surface area contributed by atoms with E-state index < -0.39 is 0 Å². The zero-order valence-electron chi connectivity index (χ0n) is 22.2. The summed E-state index contributed by atoms with van der Waals surface area (Å²) < 4.78 is 2.11. The third kappa shape index (κ3) is 5.81. The van der Waals surface area contributed by atoms with Crippen LogP contribution in [0.15, 0.2) is 72.8 Å². The van der Waals surface area contributed by atoms with Crippen LogP contribution in [0.3, 0.4) is 0 Å². The van der Waals surface area contributed by atoms with Crippen LogP contribution < -0.4 is 5.32 Å². The Morgan fingerprint density at radius 3 is 2.19 bits per heavy atom. The van der Waals surface area contributed by atoms with Crippen LogP contribution in [-0.4, -0.2) is 22.0 Å². The molecule has 0 saturated heterocycles. The second-order valence-corrected chi connectivity index (χ2v) is 10.7. The van der Waals surface area contributed by atoms with Gasteiger partial charge in [0.2, 0.25) is 5.91 Å². The summed E-state index contributed by atoms with van der Waals surface area (Å²) in [5.74, 6) is -0.179. The zero-order chi connectivity index (χ0) is 26.6. The summed E-state index contributed by atoms with van der Waals surface area (Å²) in [6.45, 7) is 11.0. The maximum absolute atomic E-state index is 12.8. The fraction of sp³-hybridized carbons (Fsp3) is 0.281.